The van der Waals surface area contributed by atoms with Crippen molar-refractivity contribution in [1.29, 1.82) is 0 Å². The van der Waals surface area contributed by atoms with Crippen LogP contribution in [0.25, 0.3) is 11.6 Å². The fourth-order valence-corrected chi connectivity index (χ4v) is 2.89. The van der Waals surface area contributed by atoms with Crippen LogP contribution >= 0.6 is 0 Å². The van der Waals surface area contributed by atoms with E-state index in [1.54, 1.807) is 60.3 Å². The lowest BCUT2D eigenvalue weighted by Gasteiger charge is -2.04. The summed E-state index contributed by atoms with van der Waals surface area (Å²) >= 11 is 0. The van der Waals surface area contributed by atoms with Gasteiger partial charge in [0.1, 0.15) is 5.69 Å². The molecule has 4 rings (SSSR count). The SMILES string of the molecule is Cc1cc(-c2nnc(NC(=O)c3ccc(C(=O)c4ccccc4)cc3)o2)n(C)n1. The van der Waals surface area contributed by atoms with Crippen molar-refractivity contribution in [3.05, 3.63) is 83.0 Å². The number of ketones is 1. The summed E-state index contributed by atoms with van der Waals surface area (Å²) in [6.45, 7) is 1.86. The zero-order chi connectivity index (χ0) is 20.4. The minimum atomic E-state index is -0.417. The first-order chi connectivity index (χ1) is 14.0. The molecule has 0 atom stereocenters. The number of nitrogens with zero attached hydrogens (tertiary/aromatic N) is 4. The smallest absolute Gasteiger partial charge is 0.322 e. The number of rotatable bonds is 5. The molecule has 4 aromatic rings. The maximum atomic E-state index is 12.4. The van der Waals surface area contributed by atoms with Crippen molar-refractivity contribution in [2.45, 2.75) is 6.92 Å². The molecule has 0 saturated carbocycles. The van der Waals surface area contributed by atoms with E-state index in [1.165, 1.54) is 0 Å². The number of carbonyl (C=O) groups is 2. The second-order valence-corrected chi connectivity index (χ2v) is 6.43. The van der Waals surface area contributed by atoms with E-state index in [-0.39, 0.29) is 17.7 Å². The fraction of sp³-hybridized carbons (Fsp3) is 0.0952. The summed E-state index contributed by atoms with van der Waals surface area (Å²) in [5, 5.41) is 14.6. The molecule has 2 aromatic carbocycles. The minimum absolute atomic E-state index is 0.0201. The normalized spacial score (nSPS) is 10.7. The molecule has 1 amide bonds. The van der Waals surface area contributed by atoms with Gasteiger partial charge in [0, 0.05) is 23.7 Å². The summed E-state index contributed by atoms with van der Waals surface area (Å²) in [6, 6.07) is 17.1. The van der Waals surface area contributed by atoms with Crippen LogP contribution in [-0.4, -0.2) is 31.7 Å². The predicted molar refractivity (Wildman–Crippen MR) is 106 cm³/mol. The zero-order valence-corrected chi connectivity index (χ0v) is 15.8. The summed E-state index contributed by atoms with van der Waals surface area (Å²) in [7, 11) is 1.77. The predicted octanol–water partition coefficient (Wildman–Crippen LogP) is 3.26. The molecule has 2 heterocycles. The first kappa shape index (κ1) is 18.3. The number of nitrogens with one attached hydrogen (secondary N) is 1. The molecule has 0 spiro atoms. The van der Waals surface area contributed by atoms with Crippen LogP contribution in [0.2, 0.25) is 0 Å². The molecule has 29 heavy (non-hydrogen) atoms. The molecule has 0 saturated heterocycles. The van der Waals surface area contributed by atoms with Crippen LogP contribution in [0.15, 0.2) is 65.1 Å². The van der Waals surface area contributed by atoms with Gasteiger partial charge in [0.25, 0.3) is 11.8 Å². The number of benzene rings is 2. The van der Waals surface area contributed by atoms with Crippen molar-refractivity contribution >= 4 is 17.7 Å². The third-order valence-electron chi connectivity index (χ3n) is 4.31. The van der Waals surface area contributed by atoms with Gasteiger partial charge in [-0.15, -0.1) is 5.10 Å². The van der Waals surface area contributed by atoms with Crippen LogP contribution in [0.1, 0.15) is 32.0 Å². The molecule has 8 nitrogen and oxygen atoms in total. The molecule has 144 valence electrons. The largest absolute Gasteiger partial charge is 0.401 e. The summed E-state index contributed by atoms with van der Waals surface area (Å²) in [5.74, 6) is -0.266. The molecule has 0 bridgehead atoms. The van der Waals surface area contributed by atoms with E-state index in [9.17, 15) is 9.59 Å². The van der Waals surface area contributed by atoms with E-state index in [0.29, 0.717) is 22.4 Å². The van der Waals surface area contributed by atoms with E-state index in [0.717, 1.165) is 5.69 Å². The Kier molecular flexibility index (Phi) is 4.74. The molecule has 0 aliphatic carbocycles. The van der Waals surface area contributed by atoms with Gasteiger partial charge in [-0.05, 0) is 25.1 Å². The Morgan fingerprint density at radius 2 is 1.59 bits per heavy atom. The Morgan fingerprint density at radius 1 is 0.931 bits per heavy atom. The summed E-state index contributed by atoms with van der Waals surface area (Å²) in [4.78, 5) is 24.9. The van der Waals surface area contributed by atoms with Gasteiger partial charge in [-0.1, -0.05) is 47.6 Å². The van der Waals surface area contributed by atoms with Crippen LogP contribution in [0.3, 0.4) is 0 Å². The molecule has 1 N–H and O–H groups in total. The van der Waals surface area contributed by atoms with Crippen molar-refractivity contribution in [3.8, 4) is 11.6 Å². The van der Waals surface area contributed by atoms with Crippen LogP contribution in [0.4, 0.5) is 6.01 Å². The number of amides is 1. The highest BCUT2D eigenvalue weighted by molar-refractivity contribution is 6.10. The first-order valence-electron chi connectivity index (χ1n) is 8.87. The third-order valence-corrected chi connectivity index (χ3v) is 4.31. The van der Waals surface area contributed by atoms with Crippen molar-refractivity contribution in [3.63, 3.8) is 0 Å². The van der Waals surface area contributed by atoms with E-state index in [1.807, 2.05) is 19.1 Å². The molecule has 8 heteroatoms. The zero-order valence-electron chi connectivity index (χ0n) is 15.8. The van der Waals surface area contributed by atoms with Gasteiger partial charge in [0.05, 0.1) is 5.69 Å². The van der Waals surface area contributed by atoms with Crippen LogP contribution in [-0.2, 0) is 7.05 Å². The van der Waals surface area contributed by atoms with E-state index in [2.05, 4.69) is 20.6 Å². The molecule has 2 aromatic heterocycles. The standard InChI is InChI=1S/C21H17N5O3/c1-13-12-17(26(2)25-13)20-23-24-21(29-20)22-19(28)16-10-8-15(9-11-16)18(27)14-6-4-3-5-7-14/h3-12H,1-2H3,(H,22,24,28). The summed E-state index contributed by atoms with van der Waals surface area (Å²) in [5.41, 5.74) is 2.93. The quantitative estimate of drug-likeness (QED) is 0.527. The number of hydrogen-bond donors (Lipinski definition) is 1. The number of hydrogen-bond acceptors (Lipinski definition) is 6. The first-order valence-corrected chi connectivity index (χ1v) is 8.87. The number of carbonyl (C=O) groups excluding carboxylic acids is 2. The van der Waals surface area contributed by atoms with Crippen LogP contribution in [0, 0.1) is 6.92 Å². The maximum Gasteiger partial charge on any atom is 0.322 e. The van der Waals surface area contributed by atoms with Crippen molar-refractivity contribution in [2.75, 3.05) is 5.32 Å². The van der Waals surface area contributed by atoms with Gasteiger partial charge in [-0.25, -0.2) is 0 Å². The highest BCUT2D eigenvalue weighted by atomic mass is 16.4. The lowest BCUT2D eigenvalue weighted by Crippen LogP contribution is -2.12. The molecular weight excluding hydrogens is 370 g/mol. The van der Waals surface area contributed by atoms with Crippen molar-refractivity contribution in [1.82, 2.24) is 20.0 Å². The maximum absolute atomic E-state index is 12.4. The van der Waals surface area contributed by atoms with Crippen LogP contribution < -0.4 is 5.32 Å². The summed E-state index contributed by atoms with van der Waals surface area (Å²) in [6.07, 6.45) is 0. The molecule has 0 aliphatic rings. The Morgan fingerprint density at radius 3 is 2.24 bits per heavy atom. The molecule has 0 fully saturated rings. The molecule has 0 radical (unpaired) electrons. The monoisotopic (exact) mass is 387 g/mol. The van der Waals surface area contributed by atoms with Gasteiger partial charge in [-0.2, -0.15) is 5.10 Å². The van der Waals surface area contributed by atoms with Crippen LogP contribution in [0.5, 0.6) is 0 Å². The summed E-state index contributed by atoms with van der Waals surface area (Å²) < 4.78 is 7.13. The number of aromatic nitrogens is 4. The topological polar surface area (TPSA) is 103 Å². The van der Waals surface area contributed by atoms with E-state index >= 15 is 0 Å². The molecule has 0 unspecified atom stereocenters. The Bertz CT molecular complexity index is 1180. The number of anilines is 1. The highest BCUT2D eigenvalue weighted by Crippen LogP contribution is 2.20. The van der Waals surface area contributed by atoms with Gasteiger partial charge < -0.3 is 4.42 Å². The minimum Gasteiger partial charge on any atom is -0.401 e. The molecular formula is C21H17N5O3. The second-order valence-electron chi connectivity index (χ2n) is 6.43. The molecule has 0 aliphatic heterocycles. The van der Waals surface area contributed by atoms with Gasteiger partial charge in [-0.3, -0.25) is 19.6 Å². The average Bonchev–Trinajstić information content (AvgIpc) is 3.33. The van der Waals surface area contributed by atoms with Gasteiger partial charge in [0.2, 0.25) is 0 Å². The van der Waals surface area contributed by atoms with E-state index < -0.39 is 5.91 Å². The Hall–Kier alpha value is -4.07. The average molecular weight is 387 g/mol. The Balaban J connectivity index is 1.47. The Labute approximate surface area is 166 Å². The lowest BCUT2D eigenvalue weighted by atomic mass is 10.0. The van der Waals surface area contributed by atoms with Gasteiger partial charge in [0.15, 0.2) is 5.78 Å². The van der Waals surface area contributed by atoms with Crippen molar-refractivity contribution in [2.24, 2.45) is 7.05 Å². The fourth-order valence-electron chi connectivity index (χ4n) is 2.89. The number of aryl methyl sites for hydroxylation is 2. The third kappa shape index (κ3) is 3.81. The second kappa shape index (κ2) is 7.51. The van der Waals surface area contributed by atoms with Crippen molar-refractivity contribution < 1.29 is 14.0 Å². The highest BCUT2D eigenvalue weighted by Gasteiger charge is 2.16. The van der Waals surface area contributed by atoms with E-state index in [4.69, 9.17) is 4.42 Å². The lowest BCUT2D eigenvalue weighted by molar-refractivity contribution is 0.101. The van der Waals surface area contributed by atoms with Gasteiger partial charge >= 0.3 is 6.01 Å².